The van der Waals surface area contributed by atoms with E-state index in [1.54, 1.807) is 4.90 Å². The van der Waals surface area contributed by atoms with Gasteiger partial charge >= 0.3 is 6.09 Å². The van der Waals surface area contributed by atoms with E-state index in [4.69, 9.17) is 4.74 Å². The molecule has 148 valence electrons. The molecule has 0 fully saturated rings. The van der Waals surface area contributed by atoms with E-state index in [1.807, 2.05) is 80.1 Å². The van der Waals surface area contributed by atoms with E-state index < -0.39 is 0 Å². The highest BCUT2D eigenvalue weighted by Crippen LogP contribution is 2.37. The Labute approximate surface area is 174 Å². The van der Waals surface area contributed by atoms with Crippen molar-refractivity contribution in [2.75, 3.05) is 6.61 Å². The second-order valence-corrected chi connectivity index (χ2v) is 7.15. The van der Waals surface area contributed by atoms with Gasteiger partial charge in [-0.15, -0.1) is 0 Å². The summed E-state index contributed by atoms with van der Waals surface area (Å²) in [7, 11) is 0. The standard InChI is InChI=1S/C25H21N3O2/c1-2-30-25(29)27-15-14-18-8-6-7-11-21(18)24(27)23-13-12-20-16-26-22(17-28(20)23)19-9-4-3-5-10-19/h3-17,24H,2H2,1H3/t24-/m1/s1. The van der Waals surface area contributed by atoms with Gasteiger partial charge in [-0.05, 0) is 36.3 Å². The van der Waals surface area contributed by atoms with Gasteiger partial charge in [-0.2, -0.15) is 0 Å². The fourth-order valence-corrected chi connectivity index (χ4v) is 3.98. The maximum absolute atomic E-state index is 12.8. The van der Waals surface area contributed by atoms with Gasteiger partial charge in [-0.3, -0.25) is 9.88 Å². The minimum Gasteiger partial charge on any atom is -0.449 e. The molecule has 0 saturated carbocycles. The summed E-state index contributed by atoms with van der Waals surface area (Å²) < 4.78 is 7.46. The van der Waals surface area contributed by atoms with Crippen molar-refractivity contribution in [2.24, 2.45) is 0 Å². The quantitative estimate of drug-likeness (QED) is 0.458. The molecule has 0 unspecified atom stereocenters. The Morgan fingerprint density at radius 2 is 1.83 bits per heavy atom. The predicted octanol–water partition coefficient (Wildman–Crippen LogP) is 5.53. The zero-order valence-electron chi connectivity index (χ0n) is 16.6. The highest BCUT2D eigenvalue weighted by molar-refractivity contribution is 5.75. The lowest BCUT2D eigenvalue weighted by molar-refractivity contribution is 0.113. The second kappa shape index (κ2) is 7.52. The zero-order chi connectivity index (χ0) is 20.5. The summed E-state index contributed by atoms with van der Waals surface area (Å²) in [4.78, 5) is 19.1. The first kappa shape index (κ1) is 18.2. The fourth-order valence-electron chi connectivity index (χ4n) is 3.98. The molecule has 0 bridgehead atoms. The SMILES string of the molecule is CCOC(=O)N1C=Cc2ccccc2[C@@H]1c1ccc2cnc(-c3ccccc3)cn12. The Hall–Kier alpha value is -3.86. The molecule has 0 radical (unpaired) electrons. The van der Waals surface area contributed by atoms with Crippen molar-refractivity contribution in [3.05, 3.63) is 102 Å². The van der Waals surface area contributed by atoms with Gasteiger partial charge in [0, 0.05) is 18.0 Å². The highest BCUT2D eigenvalue weighted by Gasteiger charge is 2.32. The van der Waals surface area contributed by atoms with E-state index >= 15 is 0 Å². The van der Waals surface area contributed by atoms with Crippen molar-refractivity contribution in [2.45, 2.75) is 13.0 Å². The summed E-state index contributed by atoms with van der Waals surface area (Å²) in [6.07, 6.45) is 7.30. The Morgan fingerprint density at radius 1 is 1.03 bits per heavy atom. The van der Waals surface area contributed by atoms with Crippen molar-refractivity contribution >= 4 is 17.7 Å². The zero-order valence-corrected chi connectivity index (χ0v) is 16.6. The van der Waals surface area contributed by atoms with E-state index in [-0.39, 0.29) is 12.1 Å². The topological polar surface area (TPSA) is 46.8 Å². The fraction of sp³-hybridized carbons (Fsp3) is 0.120. The largest absolute Gasteiger partial charge is 0.449 e. The molecule has 1 aliphatic heterocycles. The molecule has 5 nitrogen and oxygen atoms in total. The van der Waals surface area contributed by atoms with Gasteiger partial charge in [-0.25, -0.2) is 4.79 Å². The molecule has 1 aliphatic rings. The van der Waals surface area contributed by atoms with Crippen molar-refractivity contribution in [1.29, 1.82) is 0 Å². The van der Waals surface area contributed by atoms with Gasteiger partial charge in [0.2, 0.25) is 0 Å². The lowest BCUT2D eigenvalue weighted by Gasteiger charge is -2.32. The van der Waals surface area contributed by atoms with Crippen LogP contribution < -0.4 is 0 Å². The first-order chi connectivity index (χ1) is 14.8. The number of carbonyl (C=O) groups is 1. The second-order valence-electron chi connectivity index (χ2n) is 7.15. The third-order valence-electron chi connectivity index (χ3n) is 5.38. The molecule has 2 aromatic carbocycles. The highest BCUT2D eigenvalue weighted by atomic mass is 16.6. The van der Waals surface area contributed by atoms with E-state index in [0.717, 1.165) is 33.6 Å². The van der Waals surface area contributed by atoms with Gasteiger partial charge < -0.3 is 9.14 Å². The van der Waals surface area contributed by atoms with E-state index in [9.17, 15) is 4.79 Å². The van der Waals surface area contributed by atoms with Crippen LogP contribution in [0.2, 0.25) is 0 Å². The number of hydrogen-bond donors (Lipinski definition) is 0. The minimum atomic E-state index is -0.361. The van der Waals surface area contributed by atoms with Crippen LogP contribution >= 0.6 is 0 Å². The van der Waals surface area contributed by atoms with Crippen LogP contribution in [0.1, 0.15) is 29.8 Å². The number of rotatable bonds is 3. The number of carbonyl (C=O) groups excluding carboxylic acids is 1. The normalized spacial score (nSPS) is 15.2. The van der Waals surface area contributed by atoms with Crippen LogP contribution in [0.15, 0.2) is 85.3 Å². The monoisotopic (exact) mass is 395 g/mol. The summed E-state index contributed by atoms with van der Waals surface area (Å²) in [5.41, 5.74) is 6.03. The summed E-state index contributed by atoms with van der Waals surface area (Å²) >= 11 is 0. The van der Waals surface area contributed by atoms with Crippen LogP contribution in [0.25, 0.3) is 22.9 Å². The number of ether oxygens (including phenoxy) is 1. The predicted molar refractivity (Wildman–Crippen MR) is 117 cm³/mol. The molecule has 4 aromatic rings. The van der Waals surface area contributed by atoms with Crippen molar-refractivity contribution in [3.63, 3.8) is 0 Å². The summed E-state index contributed by atoms with van der Waals surface area (Å²) in [6.45, 7) is 2.15. The number of hydrogen-bond acceptors (Lipinski definition) is 3. The average molecular weight is 395 g/mol. The number of fused-ring (bicyclic) bond motifs is 2. The number of benzene rings is 2. The molecular weight excluding hydrogens is 374 g/mol. The molecule has 0 saturated heterocycles. The number of amides is 1. The average Bonchev–Trinajstić information content (AvgIpc) is 3.22. The van der Waals surface area contributed by atoms with Crippen molar-refractivity contribution in [1.82, 2.24) is 14.3 Å². The van der Waals surface area contributed by atoms with E-state index in [2.05, 4.69) is 27.6 Å². The molecule has 0 aliphatic carbocycles. The molecular formula is C25H21N3O2. The van der Waals surface area contributed by atoms with Crippen LogP contribution in [0.5, 0.6) is 0 Å². The lowest BCUT2D eigenvalue weighted by Crippen LogP contribution is -2.34. The van der Waals surface area contributed by atoms with Gasteiger partial charge in [0.15, 0.2) is 0 Å². The molecule has 30 heavy (non-hydrogen) atoms. The Bertz CT molecular complexity index is 1240. The Kier molecular flexibility index (Phi) is 4.56. The van der Waals surface area contributed by atoms with E-state index in [0.29, 0.717) is 6.61 Å². The molecule has 5 rings (SSSR count). The molecule has 1 amide bonds. The molecule has 2 aromatic heterocycles. The van der Waals surface area contributed by atoms with Crippen molar-refractivity contribution < 1.29 is 9.53 Å². The lowest BCUT2D eigenvalue weighted by atomic mass is 9.94. The Balaban J connectivity index is 1.68. The Morgan fingerprint density at radius 3 is 2.67 bits per heavy atom. The van der Waals surface area contributed by atoms with Gasteiger partial charge in [-0.1, -0.05) is 54.6 Å². The van der Waals surface area contributed by atoms with Gasteiger partial charge in [0.05, 0.1) is 29.7 Å². The molecule has 3 heterocycles. The summed E-state index contributed by atoms with van der Waals surface area (Å²) in [5, 5.41) is 0. The van der Waals surface area contributed by atoms with Crippen LogP contribution in [0, 0.1) is 0 Å². The molecule has 1 atom stereocenters. The van der Waals surface area contributed by atoms with Crippen LogP contribution in [0.3, 0.4) is 0 Å². The number of nitrogens with zero attached hydrogens (tertiary/aromatic N) is 3. The van der Waals surface area contributed by atoms with Crippen LogP contribution in [-0.4, -0.2) is 27.0 Å². The van der Waals surface area contributed by atoms with Crippen LogP contribution in [-0.2, 0) is 4.74 Å². The van der Waals surface area contributed by atoms with Crippen LogP contribution in [0.4, 0.5) is 4.79 Å². The summed E-state index contributed by atoms with van der Waals surface area (Å²) in [6, 6.07) is 22.0. The summed E-state index contributed by atoms with van der Waals surface area (Å²) in [5.74, 6) is 0. The molecule has 0 N–H and O–H groups in total. The van der Waals surface area contributed by atoms with Gasteiger partial charge in [0.1, 0.15) is 6.04 Å². The van der Waals surface area contributed by atoms with Crippen molar-refractivity contribution in [3.8, 4) is 11.3 Å². The minimum absolute atomic E-state index is 0.293. The number of aromatic nitrogens is 2. The van der Waals surface area contributed by atoms with Gasteiger partial charge in [0.25, 0.3) is 0 Å². The molecule has 5 heteroatoms. The van der Waals surface area contributed by atoms with E-state index in [1.165, 1.54) is 0 Å². The first-order valence-corrected chi connectivity index (χ1v) is 10.0. The third kappa shape index (κ3) is 3.05. The third-order valence-corrected chi connectivity index (χ3v) is 5.38. The maximum atomic E-state index is 12.8. The smallest absolute Gasteiger partial charge is 0.414 e. The molecule has 0 spiro atoms. The maximum Gasteiger partial charge on any atom is 0.414 e. The first-order valence-electron chi connectivity index (χ1n) is 10.0.